The summed E-state index contributed by atoms with van der Waals surface area (Å²) >= 11 is 0.672. The number of amides is 2. The summed E-state index contributed by atoms with van der Waals surface area (Å²) < 4.78 is 15.9. The number of ether oxygens (including phenoxy) is 3. The van der Waals surface area contributed by atoms with Crippen molar-refractivity contribution >= 4 is 40.6 Å². The summed E-state index contributed by atoms with van der Waals surface area (Å²) in [5, 5.41) is 11.3. The third-order valence-electron chi connectivity index (χ3n) is 4.34. The molecule has 0 spiro atoms. The van der Waals surface area contributed by atoms with Crippen LogP contribution in [0.15, 0.2) is 47.4 Å². The predicted molar refractivity (Wildman–Crippen MR) is 120 cm³/mol. The summed E-state index contributed by atoms with van der Waals surface area (Å²) in [5.41, 5.74) is -0.444. The number of esters is 1. The van der Waals surface area contributed by atoms with Gasteiger partial charge in [0.2, 0.25) is 5.75 Å². The fourth-order valence-corrected chi connectivity index (χ4v) is 3.85. The molecule has 1 aliphatic rings. The maximum atomic E-state index is 12.8. The number of nitro groups is 1. The van der Waals surface area contributed by atoms with Crippen LogP contribution in [0.5, 0.6) is 17.2 Å². The second kappa shape index (κ2) is 10.6. The van der Waals surface area contributed by atoms with Crippen LogP contribution in [0, 0.1) is 10.1 Å². The summed E-state index contributed by atoms with van der Waals surface area (Å²) in [4.78, 5) is 48.6. The Kier molecular flexibility index (Phi) is 7.67. The van der Waals surface area contributed by atoms with Gasteiger partial charge in [-0.2, -0.15) is 0 Å². The lowest BCUT2D eigenvalue weighted by Gasteiger charge is -2.13. The van der Waals surface area contributed by atoms with Gasteiger partial charge in [0.05, 0.1) is 28.5 Å². The molecule has 0 aliphatic carbocycles. The first-order valence-corrected chi connectivity index (χ1v) is 10.7. The lowest BCUT2D eigenvalue weighted by molar-refractivity contribution is -0.386. The van der Waals surface area contributed by atoms with Crippen molar-refractivity contribution in [3.63, 3.8) is 0 Å². The monoisotopic (exact) mass is 472 g/mol. The topological polar surface area (TPSA) is 125 Å². The highest BCUT2D eigenvalue weighted by atomic mass is 32.2. The number of imide groups is 1. The van der Waals surface area contributed by atoms with Crippen LogP contribution < -0.4 is 14.2 Å². The third kappa shape index (κ3) is 5.69. The molecule has 2 amide bonds. The van der Waals surface area contributed by atoms with E-state index in [0.717, 1.165) is 11.8 Å². The highest BCUT2D eigenvalue weighted by Crippen LogP contribution is 2.42. The van der Waals surface area contributed by atoms with Crippen molar-refractivity contribution < 1.29 is 33.5 Å². The van der Waals surface area contributed by atoms with Crippen molar-refractivity contribution in [3.05, 3.63) is 63.0 Å². The Balaban J connectivity index is 1.85. The number of nitro benzene ring substituents is 1. The van der Waals surface area contributed by atoms with Crippen molar-refractivity contribution in [3.8, 4) is 17.2 Å². The zero-order valence-corrected chi connectivity index (χ0v) is 18.6. The van der Waals surface area contributed by atoms with E-state index in [1.807, 2.05) is 6.07 Å². The maximum Gasteiger partial charge on any atom is 0.322 e. The number of hydrogen-bond donors (Lipinski definition) is 0. The second-order valence-electron chi connectivity index (χ2n) is 6.61. The molecule has 0 atom stereocenters. The Hall–Kier alpha value is -3.86. The average Bonchev–Trinajstić information content (AvgIpc) is 3.03. The van der Waals surface area contributed by atoms with Gasteiger partial charge in [0.25, 0.3) is 11.1 Å². The molecule has 0 saturated carbocycles. The molecule has 0 radical (unpaired) electrons. The van der Waals surface area contributed by atoms with E-state index in [-0.39, 0.29) is 41.7 Å². The molecule has 2 aromatic rings. The third-order valence-corrected chi connectivity index (χ3v) is 5.25. The molecule has 1 aliphatic heterocycles. The molecule has 0 bridgehead atoms. The van der Waals surface area contributed by atoms with Crippen LogP contribution >= 0.6 is 11.8 Å². The van der Waals surface area contributed by atoms with E-state index >= 15 is 0 Å². The minimum Gasteiger partial charge on any atom is -0.492 e. The number of rotatable bonds is 9. The van der Waals surface area contributed by atoms with Gasteiger partial charge < -0.3 is 14.2 Å². The van der Waals surface area contributed by atoms with E-state index in [4.69, 9.17) is 14.2 Å². The predicted octanol–water partition coefficient (Wildman–Crippen LogP) is 4.03. The van der Waals surface area contributed by atoms with Crippen molar-refractivity contribution in [2.24, 2.45) is 0 Å². The fraction of sp³-hybridized carbons (Fsp3) is 0.227. The Labute approximate surface area is 193 Å². The number of thioether (sulfide) groups is 1. The van der Waals surface area contributed by atoms with Gasteiger partial charge in [0.15, 0.2) is 5.75 Å². The van der Waals surface area contributed by atoms with Crippen LogP contribution in [-0.4, -0.2) is 46.7 Å². The summed E-state index contributed by atoms with van der Waals surface area (Å²) in [6, 6.07) is 11.6. The van der Waals surface area contributed by atoms with Crippen molar-refractivity contribution in [1.29, 1.82) is 0 Å². The lowest BCUT2D eigenvalue weighted by Crippen LogP contribution is -2.32. The molecule has 172 valence electrons. The fourth-order valence-electron chi connectivity index (χ4n) is 3.00. The van der Waals surface area contributed by atoms with Crippen LogP contribution in [0.25, 0.3) is 6.08 Å². The molecule has 2 aromatic carbocycles. The number of benzene rings is 2. The Morgan fingerprint density at radius 3 is 2.52 bits per heavy atom. The number of carbonyl (C=O) groups excluding carboxylic acids is 3. The van der Waals surface area contributed by atoms with E-state index in [2.05, 4.69) is 0 Å². The molecule has 1 heterocycles. The molecule has 0 N–H and O–H groups in total. The van der Waals surface area contributed by atoms with Crippen LogP contribution in [0.1, 0.15) is 19.4 Å². The molecule has 11 heteroatoms. The van der Waals surface area contributed by atoms with Crippen molar-refractivity contribution in [2.45, 2.75) is 13.8 Å². The number of carbonyl (C=O) groups is 3. The van der Waals surface area contributed by atoms with Gasteiger partial charge in [-0.25, -0.2) is 0 Å². The van der Waals surface area contributed by atoms with Gasteiger partial charge in [0.1, 0.15) is 12.4 Å². The molecule has 0 unspecified atom stereocenters. The van der Waals surface area contributed by atoms with Crippen LogP contribution in [0.2, 0.25) is 0 Å². The molecular weight excluding hydrogens is 452 g/mol. The first-order chi connectivity index (χ1) is 15.8. The summed E-state index contributed by atoms with van der Waals surface area (Å²) in [6.07, 6.45) is 1.25. The first kappa shape index (κ1) is 23.8. The van der Waals surface area contributed by atoms with E-state index in [1.165, 1.54) is 18.2 Å². The quantitative estimate of drug-likeness (QED) is 0.175. The number of hydrogen-bond acceptors (Lipinski definition) is 9. The molecule has 1 saturated heterocycles. The van der Waals surface area contributed by atoms with Crippen molar-refractivity contribution in [1.82, 2.24) is 4.90 Å². The minimum absolute atomic E-state index is 0.0190. The van der Waals surface area contributed by atoms with Crippen LogP contribution in [0.4, 0.5) is 10.5 Å². The molecule has 1 fully saturated rings. The van der Waals surface area contributed by atoms with Crippen LogP contribution in [-0.2, 0) is 9.59 Å². The Morgan fingerprint density at radius 2 is 1.88 bits per heavy atom. The summed E-state index contributed by atoms with van der Waals surface area (Å²) in [6.45, 7) is 2.98. The van der Waals surface area contributed by atoms with Gasteiger partial charge in [0, 0.05) is 6.92 Å². The molecule has 10 nitrogen and oxygen atoms in total. The highest BCUT2D eigenvalue weighted by Gasteiger charge is 2.36. The summed E-state index contributed by atoms with van der Waals surface area (Å²) in [5.74, 6) is -0.997. The van der Waals surface area contributed by atoms with Gasteiger partial charge in [-0.15, -0.1) is 0 Å². The average molecular weight is 472 g/mol. The smallest absolute Gasteiger partial charge is 0.322 e. The van der Waals surface area contributed by atoms with E-state index in [1.54, 1.807) is 31.2 Å². The van der Waals surface area contributed by atoms with Gasteiger partial charge in [-0.1, -0.05) is 18.2 Å². The van der Waals surface area contributed by atoms with Gasteiger partial charge in [-0.05, 0) is 49.0 Å². The normalized spacial score (nSPS) is 14.5. The zero-order valence-electron chi connectivity index (χ0n) is 17.8. The molecule has 33 heavy (non-hydrogen) atoms. The first-order valence-electron chi connectivity index (χ1n) is 9.87. The number of para-hydroxylation sites is 1. The Morgan fingerprint density at radius 1 is 1.15 bits per heavy atom. The van der Waals surface area contributed by atoms with E-state index in [0.29, 0.717) is 17.5 Å². The minimum atomic E-state index is -0.693. The largest absolute Gasteiger partial charge is 0.492 e. The Bertz CT molecular complexity index is 1120. The SMILES string of the molecule is CCOc1c(OC(C)=O)ccc(/C=C2\SC(=O)N(CCOc3ccccc3)C2=O)c1[N+](=O)[O-]. The molecular formula is C22H20N2O8S. The second-order valence-corrected chi connectivity index (χ2v) is 7.60. The molecule has 3 rings (SSSR count). The lowest BCUT2D eigenvalue weighted by atomic mass is 10.1. The van der Waals surface area contributed by atoms with E-state index in [9.17, 15) is 24.5 Å². The number of nitrogens with zero attached hydrogens (tertiary/aromatic N) is 2. The van der Waals surface area contributed by atoms with Crippen molar-refractivity contribution in [2.75, 3.05) is 19.8 Å². The molecule has 0 aromatic heterocycles. The van der Waals surface area contributed by atoms with Crippen LogP contribution in [0.3, 0.4) is 0 Å². The van der Waals surface area contributed by atoms with Gasteiger partial charge in [-0.3, -0.25) is 29.4 Å². The highest BCUT2D eigenvalue weighted by molar-refractivity contribution is 8.18. The van der Waals surface area contributed by atoms with Gasteiger partial charge >= 0.3 is 11.7 Å². The zero-order chi connectivity index (χ0) is 24.0. The maximum absolute atomic E-state index is 12.8. The van der Waals surface area contributed by atoms with E-state index < -0.39 is 27.7 Å². The standard InChI is InChI=1S/C22H20N2O8S/c1-3-30-20-17(32-14(2)25)10-9-15(19(20)24(28)29)13-18-21(26)23(22(27)33-18)11-12-31-16-7-5-4-6-8-16/h4-10,13H,3,11-12H2,1-2H3/b18-13-. The summed E-state index contributed by atoms with van der Waals surface area (Å²) in [7, 11) is 0.